The first-order valence-corrected chi connectivity index (χ1v) is 10.2. The Kier molecular flexibility index (Phi) is 7.73. The predicted octanol–water partition coefficient (Wildman–Crippen LogP) is 3.77. The number of ether oxygens (including phenoxy) is 2. The highest BCUT2D eigenvalue weighted by Gasteiger charge is 2.13. The molecular formula is C23H30N2O3. The predicted molar refractivity (Wildman–Crippen MR) is 111 cm³/mol. The molecule has 0 bridgehead atoms. The minimum atomic E-state index is -0.123. The van der Waals surface area contributed by atoms with E-state index in [0.717, 1.165) is 25.4 Å². The fourth-order valence-corrected chi connectivity index (χ4v) is 3.44. The van der Waals surface area contributed by atoms with Gasteiger partial charge in [0.2, 0.25) is 0 Å². The van der Waals surface area contributed by atoms with Gasteiger partial charge in [-0.25, -0.2) is 0 Å². The van der Waals surface area contributed by atoms with E-state index < -0.39 is 0 Å². The summed E-state index contributed by atoms with van der Waals surface area (Å²) in [6.45, 7) is 6.38. The third-order valence-corrected chi connectivity index (χ3v) is 4.94. The number of benzene rings is 2. The molecule has 5 nitrogen and oxygen atoms in total. The highest BCUT2D eigenvalue weighted by atomic mass is 16.5. The average molecular weight is 383 g/mol. The van der Waals surface area contributed by atoms with Crippen LogP contribution in [0.2, 0.25) is 0 Å². The number of carbonyl (C=O) groups is 1. The SMILES string of the molecule is CCOc1ccc(OCC(=O)NCc2ccccc2CN2CCCCC2)cc1. The fraction of sp³-hybridized carbons (Fsp3) is 0.435. The first kappa shape index (κ1) is 20.2. The van der Waals surface area contributed by atoms with Gasteiger partial charge in [0.1, 0.15) is 11.5 Å². The van der Waals surface area contributed by atoms with Gasteiger partial charge in [0, 0.05) is 13.1 Å². The van der Waals surface area contributed by atoms with Gasteiger partial charge in [-0.15, -0.1) is 0 Å². The van der Waals surface area contributed by atoms with E-state index in [1.165, 1.54) is 30.4 Å². The minimum Gasteiger partial charge on any atom is -0.494 e. The van der Waals surface area contributed by atoms with Crippen molar-refractivity contribution in [2.24, 2.45) is 0 Å². The summed E-state index contributed by atoms with van der Waals surface area (Å²) in [4.78, 5) is 14.7. The van der Waals surface area contributed by atoms with Gasteiger partial charge in [-0.2, -0.15) is 0 Å². The Hall–Kier alpha value is -2.53. The zero-order chi connectivity index (χ0) is 19.6. The van der Waals surface area contributed by atoms with Crippen molar-refractivity contribution in [3.8, 4) is 11.5 Å². The second-order valence-electron chi connectivity index (χ2n) is 7.08. The van der Waals surface area contributed by atoms with Crippen LogP contribution in [0.15, 0.2) is 48.5 Å². The molecule has 2 aromatic rings. The lowest BCUT2D eigenvalue weighted by atomic mass is 10.0. The van der Waals surface area contributed by atoms with E-state index in [2.05, 4.69) is 28.4 Å². The van der Waals surface area contributed by atoms with Crippen molar-refractivity contribution < 1.29 is 14.3 Å². The van der Waals surface area contributed by atoms with Gasteiger partial charge in [0.25, 0.3) is 5.91 Å². The van der Waals surface area contributed by atoms with Crippen molar-refractivity contribution in [3.63, 3.8) is 0 Å². The van der Waals surface area contributed by atoms with E-state index in [4.69, 9.17) is 9.47 Å². The summed E-state index contributed by atoms with van der Waals surface area (Å²) in [6, 6.07) is 15.6. The first-order chi connectivity index (χ1) is 13.7. The highest BCUT2D eigenvalue weighted by molar-refractivity contribution is 5.77. The number of rotatable bonds is 9. The fourth-order valence-electron chi connectivity index (χ4n) is 3.44. The van der Waals surface area contributed by atoms with Gasteiger partial charge >= 0.3 is 0 Å². The topological polar surface area (TPSA) is 50.8 Å². The van der Waals surface area contributed by atoms with Crippen LogP contribution >= 0.6 is 0 Å². The standard InChI is InChI=1S/C23H30N2O3/c1-2-27-21-10-12-22(13-11-21)28-18-23(26)24-16-19-8-4-5-9-20(19)17-25-14-6-3-7-15-25/h4-5,8-13H,2-3,6-7,14-18H2,1H3,(H,24,26). The monoisotopic (exact) mass is 382 g/mol. The molecule has 2 aromatic carbocycles. The van der Waals surface area contributed by atoms with Crippen LogP contribution in [0, 0.1) is 0 Å². The molecule has 28 heavy (non-hydrogen) atoms. The van der Waals surface area contributed by atoms with E-state index in [1.807, 2.05) is 37.3 Å². The van der Waals surface area contributed by atoms with E-state index >= 15 is 0 Å². The van der Waals surface area contributed by atoms with Crippen LogP contribution in [-0.4, -0.2) is 37.1 Å². The molecule has 0 aliphatic carbocycles. The molecule has 0 radical (unpaired) electrons. The van der Waals surface area contributed by atoms with E-state index in [1.54, 1.807) is 0 Å². The van der Waals surface area contributed by atoms with Crippen molar-refractivity contribution in [1.82, 2.24) is 10.2 Å². The molecule has 3 rings (SSSR count). The Morgan fingerprint density at radius 3 is 2.25 bits per heavy atom. The van der Waals surface area contributed by atoms with Gasteiger partial charge in [0.05, 0.1) is 6.61 Å². The molecule has 0 saturated carbocycles. The van der Waals surface area contributed by atoms with Crippen molar-refractivity contribution >= 4 is 5.91 Å². The molecule has 5 heteroatoms. The highest BCUT2D eigenvalue weighted by Crippen LogP contribution is 2.18. The van der Waals surface area contributed by atoms with Gasteiger partial charge in [-0.05, 0) is 68.2 Å². The Morgan fingerprint density at radius 2 is 1.57 bits per heavy atom. The molecule has 150 valence electrons. The zero-order valence-electron chi connectivity index (χ0n) is 16.7. The second kappa shape index (κ2) is 10.7. The smallest absolute Gasteiger partial charge is 0.258 e. The quantitative estimate of drug-likeness (QED) is 0.717. The first-order valence-electron chi connectivity index (χ1n) is 10.2. The number of nitrogens with one attached hydrogen (secondary N) is 1. The molecule has 1 aliphatic rings. The molecule has 1 heterocycles. The minimum absolute atomic E-state index is 0.00226. The van der Waals surface area contributed by atoms with Crippen LogP contribution in [0.25, 0.3) is 0 Å². The van der Waals surface area contributed by atoms with Gasteiger partial charge < -0.3 is 14.8 Å². The van der Waals surface area contributed by atoms with Crippen LogP contribution < -0.4 is 14.8 Å². The van der Waals surface area contributed by atoms with Crippen LogP contribution in [0.4, 0.5) is 0 Å². The van der Waals surface area contributed by atoms with Crippen molar-refractivity contribution in [1.29, 1.82) is 0 Å². The van der Waals surface area contributed by atoms with Crippen LogP contribution in [0.3, 0.4) is 0 Å². The van der Waals surface area contributed by atoms with Gasteiger partial charge in [0.15, 0.2) is 6.61 Å². The summed E-state index contributed by atoms with van der Waals surface area (Å²) in [6.07, 6.45) is 3.89. The molecule has 0 atom stereocenters. The van der Waals surface area contributed by atoms with Crippen LogP contribution in [0.5, 0.6) is 11.5 Å². The normalized spacial score (nSPS) is 14.5. The molecule has 0 spiro atoms. The number of hydrogen-bond donors (Lipinski definition) is 1. The molecule has 1 amide bonds. The molecule has 1 N–H and O–H groups in total. The van der Waals surface area contributed by atoms with Crippen molar-refractivity contribution in [2.45, 2.75) is 39.3 Å². The Labute approximate surface area is 167 Å². The summed E-state index contributed by atoms with van der Waals surface area (Å²) in [5, 5.41) is 2.97. The van der Waals surface area contributed by atoms with Gasteiger partial charge in [-0.3, -0.25) is 9.69 Å². The van der Waals surface area contributed by atoms with Crippen LogP contribution in [-0.2, 0) is 17.9 Å². The average Bonchev–Trinajstić information content (AvgIpc) is 2.73. The van der Waals surface area contributed by atoms with Crippen molar-refractivity contribution in [2.75, 3.05) is 26.3 Å². The summed E-state index contributed by atoms with van der Waals surface area (Å²) < 4.78 is 11.0. The Morgan fingerprint density at radius 1 is 0.929 bits per heavy atom. The Bertz CT molecular complexity index is 740. The number of carbonyl (C=O) groups excluding carboxylic acids is 1. The van der Waals surface area contributed by atoms with Crippen molar-refractivity contribution in [3.05, 3.63) is 59.7 Å². The number of likely N-dealkylation sites (tertiary alicyclic amines) is 1. The third-order valence-electron chi connectivity index (χ3n) is 4.94. The third kappa shape index (κ3) is 6.27. The summed E-state index contributed by atoms with van der Waals surface area (Å²) in [7, 11) is 0. The summed E-state index contributed by atoms with van der Waals surface area (Å²) in [5.41, 5.74) is 2.46. The maximum Gasteiger partial charge on any atom is 0.258 e. The number of hydrogen-bond acceptors (Lipinski definition) is 4. The molecule has 0 aromatic heterocycles. The zero-order valence-corrected chi connectivity index (χ0v) is 16.7. The van der Waals surface area contributed by atoms with E-state index in [0.29, 0.717) is 18.9 Å². The summed E-state index contributed by atoms with van der Waals surface area (Å²) >= 11 is 0. The van der Waals surface area contributed by atoms with Crippen LogP contribution in [0.1, 0.15) is 37.3 Å². The van der Waals surface area contributed by atoms with E-state index in [9.17, 15) is 4.79 Å². The number of amides is 1. The lowest BCUT2D eigenvalue weighted by molar-refractivity contribution is -0.123. The maximum absolute atomic E-state index is 12.2. The lowest BCUT2D eigenvalue weighted by Crippen LogP contribution is -2.31. The molecule has 0 unspecified atom stereocenters. The number of piperidine rings is 1. The largest absolute Gasteiger partial charge is 0.494 e. The second-order valence-corrected chi connectivity index (χ2v) is 7.08. The summed E-state index contributed by atoms with van der Waals surface area (Å²) in [5.74, 6) is 1.33. The molecule has 1 saturated heterocycles. The molecular weight excluding hydrogens is 352 g/mol. The maximum atomic E-state index is 12.2. The Balaban J connectivity index is 1.46. The van der Waals surface area contributed by atoms with Gasteiger partial charge in [-0.1, -0.05) is 30.7 Å². The molecule has 1 fully saturated rings. The molecule has 1 aliphatic heterocycles. The number of nitrogens with zero attached hydrogens (tertiary/aromatic N) is 1. The lowest BCUT2D eigenvalue weighted by Gasteiger charge is -2.27. The van der Waals surface area contributed by atoms with E-state index in [-0.39, 0.29) is 12.5 Å².